The van der Waals surface area contributed by atoms with Crippen LogP contribution in [0.2, 0.25) is 0 Å². The number of carbonyl (C=O) groups is 1. The molecule has 2 aromatic heterocycles. The quantitative estimate of drug-likeness (QED) is 0.559. The van der Waals surface area contributed by atoms with E-state index in [9.17, 15) is 9.59 Å². The van der Waals surface area contributed by atoms with Crippen LogP contribution >= 0.6 is 0 Å². The molecule has 34 heavy (non-hydrogen) atoms. The van der Waals surface area contributed by atoms with Gasteiger partial charge in [0.25, 0.3) is 5.56 Å². The van der Waals surface area contributed by atoms with Gasteiger partial charge < -0.3 is 24.1 Å². The number of aromatic nitrogens is 2. The first-order valence-electron chi connectivity index (χ1n) is 12.3. The molecule has 1 N–H and O–H groups in total. The monoisotopic (exact) mass is 462 g/mol. The summed E-state index contributed by atoms with van der Waals surface area (Å²) in [5.74, 6) is 0.101. The van der Waals surface area contributed by atoms with Crippen LogP contribution in [0.15, 0.2) is 53.6 Å². The fourth-order valence-corrected chi connectivity index (χ4v) is 5.30. The molecule has 1 aliphatic heterocycles. The predicted octanol–water partition coefficient (Wildman–Crippen LogP) is 2.87. The van der Waals surface area contributed by atoms with Gasteiger partial charge in [0, 0.05) is 69.2 Å². The van der Waals surface area contributed by atoms with Crippen LogP contribution in [-0.4, -0.2) is 52.8 Å². The van der Waals surface area contributed by atoms with Crippen LogP contribution in [0.1, 0.15) is 36.3 Å². The first-order chi connectivity index (χ1) is 16.6. The standard InChI is InChI=1S/C27H34N4O3/c1-29-12-10-19(15-26(29)32)22-9-11-28-16-24(22)27(33)31(21-7-8-21)18-20-17-30(13-14-34-2)25-6-4-3-5-23(20)25/h3-6,10,12,15,17,21-22,24,28H,7-9,11,13-14,16,18H2,1-2H3/t22-,24?/m1/s1. The van der Waals surface area contributed by atoms with Crippen LogP contribution in [0, 0.1) is 5.92 Å². The van der Waals surface area contributed by atoms with Gasteiger partial charge in [-0.25, -0.2) is 0 Å². The third-order valence-corrected chi connectivity index (χ3v) is 7.37. The molecule has 1 amide bonds. The number of ether oxygens (including phenoxy) is 1. The summed E-state index contributed by atoms with van der Waals surface area (Å²) in [5, 5.41) is 4.62. The molecule has 1 saturated carbocycles. The average molecular weight is 463 g/mol. The molecular formula is C27H34N4O3. The number of para-hydroxylation sites is 1. The van der Waals surface area contributed by atoms with Gasteiger partial charge in [0.2, 0.25) is 5.91 Å². The number of methoxy groups -OCH3 is 1. The Kier molecular flexibility index (Phi) is 6.57. The van der Waals surface area contributed by atoms with Gasteiger partial charge in [0.05, 0.1) is 12.5 Å². The van der Waals surface area contributed by atoms with Crippen molar-refractivity contribution in [2.75, 3.05) is 26.8 Å². The first-order valence-corrected chi connectivity index (χ1v) is 12.3. The van der Waals surface area contributed by atoms with Crippen LogP contribution < -0.4 is 10.9 Å². The highest BCUT2D eigenvalue weighted by Crippen LogP contribution is 2.36. The van der Waals surface area contributed by atoms with Crippen molar-refractivity contribution in [1.29, 1.82) is 0 Å². The summed E-state index contributed by atoms with van der Waals surface area (Å²) in [6.07, 6.45) is 6.98. The maximum Gasteiger partial charge on any atom is 0.250 e. The number of piperidine rings is 1. The van der Waals surface area contributed by atoms with Crippen molar-refractivity contribution < 1.29 is 9.53 Å². The number of pyridine rings is 1. The van der Waals surface area contributed by atoms with Gasteiger partial charge in [-0.15, -0.1) is 0 Å². The predicted molar refractivity (Wildman–Crippen MR) is 133 cm³/mol. The van der Waals surface area contributed by atoms with Gasteiger partial charge in [-0.1, -0.05) is 18.2 Å². The molecule has 1 aliphatic carbocycles. The highest BCUT2D eigenvalue weighted by molar-refractivity contribution is 5.85. The molecule has 2 atom stereocenters. The summed E-state index contributed by atoms with van der Waals surface area (Å²) in [4.78, 5) is 28.4. The molecular weight excluding hydrogens is 428 g/mol. The zero-order chi connectivity index (χ0) is 23.7. The van der Waals surface area contributed by atoms with E-state index in [2.05, 4.69) is 45.2 Å². The number of nitrogens with zero attached hydrogens (tertiary/aromatic N) is 3. The third-order valence-electron chi connectivity index (χ3n) is 7.37. The Labute approximate surface area is 200 Å². The fourth-order valence-electron chi connectivity index (χ4n) is 5.30. The topological polar surface area (TPSA) is 68.5 Å². The number of hydrogen-bond donors (Lipinski definition) is 1. The number of rotatable bonds is 8. The Morgan fingerprint density at radius 3 is 2.79 bits per heavy atom. The van der Waals surface area contributed by atoms with Gasteiger partial charge >= 0.3 is 0 Å². The van der Waals surface area contributed by atoms with Gasteiger partial charge in [0.1, 0.15) is 0 Å². The lowest BCUT2D eigenvalue weighted by Crippen LogP contribution is -2.47. The van der Waals surface area contributed by atoms with Crippen molar-refractivity contribution >= 4 is 16.8 Å². The number of nitrogens with one attached hydrogen (secondary N) is 1. The maximum absolute atomic E-state index is 14.0. The number of aryl methyl sites for hydroxylation is 1. The summed E-state index contributed by atoms with van der Waals surface area (Å²) in [7, 11) is 3.48. The van der Waals surface area contributed by atoms with E-state index in [-0.39, 0.29) is 23.3 Å². The molecule has 1 aromatic carbocycles. The number of hydrogen-bond acceptors (Lipinski definition) is 4. The normalized spacial score (nSPS) is 20.5. The van der Waals surface area contributed by atoms with Gasteiger partial charge in [-0.05, 0) is 55.0 Å². The molecule has 7 heteroatoms. The van der Waals surface area contributed by atoms with Crippen LogP contribution in [-0.2, 0) is 29.7 Å². The fraction of sp³-hybridized carbons (Fsp3) is 0.481. The van der Waals surface area contributed by atoms with Gasteiger partial charge in [-0.3, -0.25) is 9.59 Å². The van der Waals surface area contributed by atoms with Crippen molar-refractivity contribution in [2.24, 2.45) is 13.0 Å². The van der Waals surface area contributed by atoms with E-state index >= 15 is 0 Å². The van der Waals surface area contributed by atoms with Gasteiger partial charge in [-0.2, -0.15) is 0 Å². The Bertz CT molecular complexity index is 1230. The molecule has 0 spiro atoms. The van der Waals surface area contributed by atoms with Crippen LogP contribution in [0.4, 0.5) is 0 Å². The van der Waals surface area contributed by atoms with E-state index in [1.54, 1.807) is 24.8 Å². The summed E-state index contributed by atoms with van der Waals surface area (Å²) in [6, 6.07) is 12.4. The lowest BCUT2D eigenvalue weighted by molar-refractivity contribution is -0.138. The van der Waals surface area contributed by atoms with Crippen molar-refractivity contribution in [3.05, 3.63) is 70.3 Å². The summed E-state index contributed by atoms with van der Waals surface area (Å²) in [5.41, 5.74) is 3.32. The number of carbonyl (C=O) groups excluding carboxylic acids is 1. The second-order valence-electron chi connectivity index (χ2n) is 9.67. The van der Waals surface area contributed by atoms with Gasteiger partial charge in [0.15, 0.2) is 0 Å². The Morgan fingerprint density at radius 1 is 1.21 bits per heavy atom. The molecule has 0 bridgehead atoms. The first kappa shape index (κ1) is 22.9. The number of benzene rings is 1. The molecule has 1 unspecified atom stereocenters. The highest BCUT2D eigenvalue weighted by atomic mass is 16.5. The largest absolute Gasteiger partial charge is 0.383 e. The minimum absolute atomic E-state index is 0.0230. The number of fused-ring (bicyclic) bond motifs is 1. The maximum atomic E-state index is 14.0. The zero-order valence-electron chi connectivity index (χ0n) is 20.1. The van der Waals surface area contributed by atoms with E-state index in [0.29, 0.717) is 25.7 Å². The van der Waals surface area contributed by atoms with Crippen LogP contribution in [0.5, 0.6) is 0 Å². The Balaban J connectivity index is 1.43. The minimum Gasteiger partial charge on any atom is -0.383 e. The molecule has 2 aliphatic rings. The van der Waals surface area contributed by atoms with Crippen LogP contribution in [0.25, 0.3) is 10.9 Å². The molecule has 1 saturated heterocycles. The summed E-state index contributed by atoms with van der Waals surface area (Å²) in [6.45, 7) is 3.56. The van der Waals surface area contributed by atoms with Crippen molar-refractivity contribution in [1.82, 2.24) is 19.4 Å². The SMILES string of the molecule is COCCn1cc(CN(C(=O)C2CNCC[C@@H]2c2ccn(C)c(=O)c2)C2CC2)c2ccccc21. The summed E-state index contributed by atoms with van der Waals surface area (Å²) < 4.78 is 9.12. The Hall–Kier alpha value is -2.90. The van der Waals surface area contributed by atoms with E-state index in [1.807, 2.05) is 12.3 Å². The molecule has 5 rings (SSSR count). The second kappa shape index (κ2) is 9.76. The van der Waals surface area contributed by atoms with E-state index in [1.165, 1.54) is 16.5 Å². The molecule has 7 nitrogen and oxygen atoms in total. The molecule has 3 aromatic rings. The smallest absolute Gasteiger partial charge is 0.250 e. The van der Waals surface area contributed by atoms with E-state index < -0.39 is 0 Å². The van der Waals surface area contributed by atoms with Crippen molar-refractivity contribution in [2.45, 2.75) is 44.3 Å². The molecule has 3 heterocycles. The average Bonchev–Trinajstić information content (AvgIpc) is 3.65. The number of amides is 1. The van der Waals surface area contributed by atoms with E-state index in [4.69, 9.17) is 4.74 Å². The van der Waals surface area contributed by atoms with Crippen molar-refractivity contribution in [3.63, 3.8) is 0 Å². The van der Waals surface area contributed by atoms with Crippen LogP contribution in [0.3, 0.4) is 0 Å². The lowest BCUT2D eigenvalue weighted by Gasteiger charge is -2.35. The molecule has 2 fully saturated rings. The Morgan fingerprint density at radius 2 is 2.03 bits per heavy atom. The molecule has 0 radical (unpaired) electrons. The second-order valence-corrected chi connectivity index (χ2v) is 9.67. The lowest BCUT2D eigenvalue weighted by atomic mass is 9.80. The summed E-state index contributed by atoms with van der Waals surface area (Å²) >= 11 is 0. The minimum atomic E-state index is -0.164. The van der Waals surface area contributed by atoms with E-state index in [0.717, 1.165) is 37.9 Å². The third kappa shape index (κ3) is 4.55. The zero-order valence-corrected chi connectivity index (χ0v) is 20.1. The molecule has 180 valence electrons. The highest BCUT2D eigenvalue weighted by Gasteiger charge is 2.40. The van der Waals surface area contributed by atoms with Crippen molar-refractivity contribution in [3.8, 4) is 0 Å².